The van der Waals surface area contributed by atoms with Crippen molar-refractivity contribution in [3.05, 3.63) is 123 Å². The van der Waals surface area contributed by atoms with Gasteiger partial charge in [0.25, 0.3) is 25.7 Å². The van der Waals surface area contributed by atoms with Crippen LogP contribution in [-0.2, 0) is 66.1 Å². The highest BCUT2D eigenvalue weighted by Gasteiger charge is 2.33. The number of carboxylic acid groups (broad SMARTS) is 1. The number of carboxylic acids is 1. The Hall–Kier alpha value is -9.72. The molecule has 3 aromatic heterocycles. The minimum Gasteiger partial charge on any atom is -0.481 e. The first kappa shape index (κ1) is 81.5. The van der Waals surface area contributed by atoms with Crippen LogP contribution >= 0.6 is 19.2 Å². The summed E-state index contributed by atoms with van der Waals surface area (Å²) in [7, 11) is -13.1. The number of sulfone groups is 1. The molecular formula is C51H56ClF6N12O23PS3. The smallest absolute Gasteiger partial charge is 0.416 e. The van der Waals surface area contributed by atoms with Crippen molar-refractivity contribution in [2.45, 2.75) is 73.8 Å². The van der Waals surface area contributed by atoms with E-state index >= 15 is 0 Å². The second-order valence-electron chi connectivity index (χ2n) is 18.1. The van der Waals surface area contributed by atoms with E-state index in [2.05, 4.69) is 45.9 Å². The van der Waals surface area contributed by atoms with Crippen LogP contribution < -0.4 is 44.3 Å². The van der Waals surface area contributed by atoms with E-state index in [4.69, 9.17) is 54.9 Å². The van der Waals surface area contributed by atoms with Crippen LogP contribution in [0.2, 0.25) is 5.02 Å². The van der Waals surface area contributed by atoms with E-state index in [9.17, 15) is 90.2 Å². The number of nitro benzene ring substituents is 1. The van der Waals surface area contributed by atoms with Crippen molar-refractivity contribution in [2.24, 2.45) is 0 Å². The highest BCUT2D eigenvalue weighted by Crippen LogP contribution is 2.38. The summed E-state index contributed by atoms with van der Waals surface area (Å²) in [5.41, 5.74) is -2.24. The van der Waals surface area contributed by atoms with Crippen LogP contribution in [0.3, 0.4) is 0 Å². The number of rotatable bonds is 24. The number of nitrogens with one attached hydrogen (secondary N) is 5. The van der Waals surface area contributed by atoms with Crippen LogP contribution in [0.1, 0.15) is 54.5 Å². The minimum atomic E-state index is -4.61. The molecule has 35 nitrogen and oxygen atoms in total. The summed E-state index contributed by atoms with van der Waals surface area (Å²) in [5, 5.41) is 24.3. The second-order valence-corrected chi connectivity index (χ2v) is 25.7. The molecule has 0 bridgehead atoms. The number of carbonyl (C=O) groups is 5. The number of aromatic nitrogens is 6. The number of methoxy groups -OCH3 is 3. The predicted octanol–water partition coefficient (Wildman–Crippen LogP) is 6.35. The van der Waals surface area contributed by atoms with Crippen molar-refractivity contribution in [1.29, 1.82) is 0 Å². The molecule has 0 fully saturated rings. The number of anilines is 2. The molecule has 0 radical (unpaired) electrons. The Morgan fingerprint density at radius 3 is 1.88 bits per heavy atom. The molecule has 0 aliphatic carbocycles. The standard InChI is InChI=1S/C19H15ClF3NO7.C15H16F3N5O4S.C14H17N5O7S2.C3H8NO5P/c1-3-29-17(25)10(2)30-18(26)13-9-12(5-6-15(13)24(27)28)31-16-7-4-11(8-14(16)20)19(21,22)23;1-9-19-12(22-14(20-9)27-2)21-13(24)23-28(25,26)11-6-4-3-5-10(11)7-8-15(16,17)18;1-4-27(21,22)9-6-5-7-15-12(9)28(23,24)19-14(20)18-13-16-10(25-2)8-11(17-13)26-3;5-3(6)1-4-2-10(7,8)9/h4-10H,3H2,1-2H3;3-6H,7-8H2,1-2H3,(H2,19,20,21,22,23,24);5-8H,4H2,1-3H3,(H2,16,17,18,19,20);4H,1-2H2,(H,5,6)(H2,7,8,9). The van der Waals surface area contributed by atoms with Gasteiger partial charge in [-0.05, 0) is 75.2 Å². The fourth-order valence-electron chi connectivity index (χ4n) is 6.72. The number of nitrogens with zero attached hydrogens (tertiary/aromatic N) is 7. The van der Waals surface area contributed by atoms with Gasteiger partial charge in [-0.3, -0.25) is 35.4 Å². The molecule has 8 N–H and O–H groups in total. The number of benzene rings is 3. The van der Waals surface area contributed by atoms with Crippen molar-refractivity contribution >= 4 is 96.6 Å². The number of esters is 2. The first-order chi connectivity index (χ1) is 45.0. The first-order valence-electron chi connectivity index (χ1n) is 26.4. The number of sulfonamides is 2. The third kappa shape index (κ3) is 27.5. The van der Waals surface area contributed by atoms with E-state index in [0.29, 0.717) is 6.07 Å². The molecule has 1 atom stereocenters. The summed E-state index contributed by atoms with van der Waals surface area (Å²) in [4.78, 5) is 106. The van der Waals surface area contributed by atoms with Gasteiger partial charge in [0.2, 0.25) is 23.7 Å². The molecule has 6 rings (SSSR count). The van der Waals surface area contributed by atoms with Gasteiger partial charge in [0.05, 0.1) is 73.0 Å². The molecule has 4 amide bonds. The predicted molar refractivity (Wildman–Crippen MR) is 321 cm³/mol. The third-order valence-corrected chi connectivity index (χ3v) is 16.5. The highest BCUT2D eigenvalue weighted by atomic mass is 35.5. The topological polar surface area (TPSA) is 502 Å². The number of alkyl halides is 6. The molecule has 1 unspecified atom stereocenters. The van der Waals surface area contributed by atoms with Gasteiger partial charge in [-0.25, -0.2) is 50.4 Å². The lowest BCUT2D eigenvalue weighted by Gasteiger charge is -2.13. The first-order valence-corrected chi connectivity index (χ1v) is 33.2. The van der Waals surface area contributed by atoms with Gasteiger partial charge < -0.3 is 43.3 Å². The van der Waals surface area contributed by atoms with Crippen LogP contribution in [0.25, 0.3) is 0 Å². The Labute approximate surface area is 550 Å². The van der Waals surface area contributed by atoms with Crippen LogP contribution in [0.15, 0.2) is 99.9 Å². The number of pyridine rings is 1. The molecule has 0 aliphatic rings. The number of halogens is 7. The molecule has 6 aromatic rings. The summed E-state index contributed by atoms with van der Waals surface area (Å²) >= 11 is 5.83. The fraction of sp³-hybridized carbons (Fsp3) is 0.314. The van der Waals surface area contributed by atoms with Gasteiger partial charge >= 0.3 is 55.9 Å². The maximum absolute atomic E-state index is 12.8. The van der Waals surface area contributed by atoms with Crippen molar-refractivity contribution in [3.63, 3.8) is 0 Å². The minimum absolute atomic E-state index is 0.0398. The number of aliphatic carboxylic acids is 1. The second kappa shape index (κ2) is 35.9. The Kier molecular flexibility index (Phi) is 30.1. The molecule has 0 aliphatic heterocycles. The Bertz CT molecular complexity index is 4200. The van der Waals surface area contributed by atoms with Crippen LogP contribution in [-0.4, -0.2) is 164 Å². The number of nitro groups is 1. The maximum Gasteiger partial charge on any atom is 0.416 e. The van der Waals surface area contributed by atoms with Crippen LogP contribution in [0.5, 0.6) is 29.3 Å². The average Bonchev–Trinajstić information content (AvgIpc) is 0.799. The van der Waals surface area contributed by atoms with Crippen LogP contribution in [0.4, 0.5) is 53.5 Å². The summed E-state index contributed by atoms with van der Waals surface area (Å²) in [6, 6.07) is 11.7. The van der Waals surface area contributed by atoms with E-state index < -0.39 is 148 Å². The monoisotopic (exact) mass is 1480 g/mol. The highest BCUT2D eigenvalue weighted by molar-refractivity contribution is 7.93. The number of carbonyl (C=O) groups excluding carboxylic acids is 4. The summed E-state index contributed by atoms with van der Waals surface area (Å²) in [5.74, 6) is -4.07. The van der Waals surface area contributed by atoms with E-state index in [1.807, 2.05) is 0 Å². The van der Waals surface area contributed by atoms with E-state index in [-0.39, 0.29) is 69.9 Å². The van der Waals surface area contributed by atoms with Crippen molar-refractivity contribution in [1.82, 2.24) is 44.7 Å². The average molecular weight is 1480 g/mol. The van der Waals surface area contributed by atoms with E-state index in [1.54, 1.807) is 16.4 Å². The number of urea groups is 2. The largest absolute Gasteiger partial charge is 0.481 e. The molecular weight excluding hydrogens is 1430 g/mol. The van der Waals surface area contributed by atoms with Crippen molar-refractivity contribution < 1.29 is 128 Å². The summed E-state index contributed by atoms with van der Waals surface area (Å²) < 4.78 is 193. The van der Waals surface area contributed by atoms with Crippen LogP contribution in [0, 0.1) is 17.0 Å². The molecule has 97 heavy (non-hydrogen) atoms. The summed E-state index contributed by atoms with van der Waals surface area (Å²) in [6.45, 7) is 5.23. The number of aryl methyl sites for hydroxylation is 2. The Morgan fingerprint density at radius 1 is 0.763 bits per heavy atom. The summed E-state index contributed by atoms with van der Waals surface area (Å²) in [6.07, 6.45) is -11.6. The number of hydrogen-bond acceptors (Lipinski definition) is 27. The lowest BCUT2D eigenvalue weighted by molar-refractivity contribution is -0.385. The maximum atomic E-state index is 12.8. The van der Waals surface area contributed by atoms with Gasteiger partial charge in [-0.1, -0.05) is 36.7 Å². The lowest BCUT2D eigenvalue weighted by atomic mass is 10.1. The van der Waals surface area contributed by atoms with Gasteiger partial charge in [-0.2, -0.15) is 59.7 Å². The quantitative estimate of drug-likeness (QED) is 0.0107. The van der Waals surface area contributed by atoms with E-state index in [1.165, 1.54) is 72.4 Å². The zero-order valence-corrected chi connectivity index (χ0v) is 55.0. The zero-order chi connectivity index (χ0) is 73.4. The van der Waals surface area contributed by atoms with E-state index in [0.717, 1.165) is 48.7 Å². The van der Waals surface area contributed by atoms with Gasteiger partial charge in [0.1, 0.15) is 27.8 Å². The molecule has 530 valence electrons. The molecule has 3 aromatic carbocycles. The fourth-order valence-corrected chi connectivity index (χ4v) is 11.1. The lowest BCUT2D eigenvalue weighted by Crippen LogP contribution is -2.36. The Balaban J connectivity index is 0.000000354. The molecule has 0 saturated carbocycles. The number of hydrogen-bond donors (Lipinski definition) is 8. The van der Waals surface area contributed by atoms with Crippen molar-refractivity contribution in [3.8, 4) is 29.3 Å². The zero-order valence-electron chi connectivity index (χ0n) is 50.9. The van der Waals surface area contributed by atoms with Gasteiger partial charge in [0.15, 0.2) is 21.0 Å². The number of amides is 4. The molecule has 3 heterocycles. The molecule has 0 saturated heterocycles. The SMILES string of the molecule is CCOC(=O)C(C)OC(=O)c1cc(Oc2ccc(C(F)(F)F)cc2Cl)ccc1[N+](=O)[O-].CCS(=O)(=O)c1cccnc1S(=O)(=O)NC(=O)Nc1nc(OC)cc(OC)n1.COc1nc(C)nc(NC(=O)NS(=O)(=O)c2ccccc2CCC(F)(F)F)n1.O=C(O)CNCP(=O)(O)O. The number of ether oxygens (including phenoxy) is 6. The van der Waals surface area contributed by atoms with Crippen molar-refractivity contribution in [2.75, 3.05) is 57.2 Å². The van der Waals surface area contributed by atoms with Gasteiger partial charge in [0, 0.05) is 24.8 Å². The third-order valence-electron chi connectivity index (χ3n) is 10.9. The van der Waals surface area contributed by atoms with Gasteiger partial charge in [-0.15, -0.1) is 0 Å². The normalized spacial score (nSPS) is 11.8. The Morgan fingerprint density at radius 2 is 1.35 bits per heavy atom. The molecule has 46 heteroatoms. The molecule has 0 spiro atoms.